The number of para-hydroxylation sites is 1. The molecule has 0 radical (unpaired) electrons. The Hall–Kier alpha value is -1.95. The number of hydrogen-bond donors (Lipinski definition) is 1. The van der Waals surface area contributed by atoms with Crippen molar-refractivity contribution in [1.82, 2.24) is 0 Å². The van der Waals surface area contributed by atoms with E-state index in [4.69, 9.17) is 5.11 Å². The largest absolute Gasteiger partial charge is 0.481 e. The van der Waals surface area contributed by atoms with Gasteiger partial charge in [-0.3, -0.25) is 4.79 Å². The molecule has 0 fully saturated rings. The number of rotatable bonds is 2. The van der Waals surface area contributed by atoms with E-state index in [1.54, 1.807) is 0 Å². The van der Waals surface area contributed by atoms with Gasteiger partial charge in [0, 0.05) is 12.2 Å². The average molecular weight is 215 g/mol. The van der Waals surface area contributed by atoms with Crippen molar-refractivity contribution in [2.24, 2.45) is 0 Å². The molecular weight excluding hydrogens is 202 g/mol. The number of nitrogens with zero attached hydrogens (tertiary/aromatic N) is 1. The summed E-state index contributed by atoms with van der Waals surface area (Å²) in [6.07, 6.45) is 0.978. The number of aliphatic carboxylic acids is 1. The molecule has 0 bridgehead atoms. The van der Waals surface area contributed by atoms with Crippen LogP contribution in [0.5, 0.6) is 0 Å². The summed E-state index contributed by atoms with van der Waals surface area (Å²) in [4.78, 5) is 12.5. The minimum absolute atomic E-state index is 0.0739. The lowest BCUT2D eigenvalue weighted by molar-refractivity contribution is -0.135. The molecule has 0 amide bonds. The molecule has 82 valence electrons. The zero-order valence-electron chi connectivity index (χ0n) is 8.94. The van der Waals surface area contributed by atoms with E-state index in [9.17, 15) is 4.79 Å². The van der Waals surface area contributed by atoms with E-state index < -0.39 is 5.97 Å². The van der Waals surface area contributed by atoms with E-state index in [1.165, 1.54) is 11.3 Å². The third kappa shape index (κ3) is 2.34. The first-order valence-electron chi connectivity index (χ1n) is 5.28. The van der Waals surface area contributed by atoms with Crippen LogP contribution in [0.4, 0.5) is 5.69 Å². The van der Waals surface area contributed by atoms with Gasteiger partial charge < -0.3 is 10.0 Å². The smallest absolute Gasteiger partial charge is 0.315 e. The second-order valence-electron chi connectivity index (χ2n) is 3.72. The van der Waals surface area contributed by atoms with Crippen LogP contribution in [0.25, 0.3) is 0 Å². The SMILES string of the molecule is O=C(O)CC#CCN1CCc2ccccc21. The van der Waals surface area contributed by atoms with Gasteiger partial charge in [0.15, 0.2) is 0 Å². The van der Waals surface area contributed by atoms with Gasteiger partial charge in [0.2, 0.25) is 0 Å². The highest BCUT2D eigenvalue weighted by Crippen LogP contribution is 2.26. The highest BCUT2D eigenvalue weighted by atomic mass is 16.4. The molecule has 16 heavy (non-hydrogen) atoms. The Morgan fingerprint density at radius 1 is 1.38 bits per heavy atom. The normalized spacial score (nSPS) is 12.9. The Balaban J connectivity index is 1.97. The van der Waals surface area contributed by atoms with Crippen LogP contribution in [-0.2, 0) is 11.2 Å². The van der Waals surface area contributed by atoms with Crippen molar-refractivity contribution in [1.29, 1.82) is 0 Å². The van der Waals surface area contributed by atoms with Gasteiger partial charge in [-0.2, -0.15) is 0 Å². The number of fused-ring (bicyclic) bond motifs is 1. The van der Waals surface area contributed by atoms with Crippen LogP contribution in [0.15, 0.2) is 24.3 Å². The molecule has 3 nitrogen and oxygen atoms in total. The van der Waals surface area contributed by atoms with E-state index in [1.807, 2.05) is 12.1 Å². The quantitative estimate of drug-likeness (QED) is 0.760. The minimum atomic E-state index is -0.866. The third-order valence-corrected chi connectivity index (χ3v) is 2.62. The fourth-order valence-corrected chi connectivity index (χ4v) is 1.86. The topological polar surface area (TPSA) is 40.5 Å². The molecule has 0 saturated carbocycles. The van der Waals surface area contributed by atoms with Crippen molar-refractivity contribution in [2.45, 2.75) is 12.8 Å². The number of carboxylic acid groups (broad SMARTS) is 1. The monoisotopic (exact) mass is 215 g/mol. The summed E-state index contributed by atoms with van der Waals surface area (Å²) >= 11 is 0. The summed E-state index contributed by atoms with van der Waals surface area (Å²) in [7, 11) is 0. The van der Waals surface area contributed by atoms with E-state index in [0.717, 1.165) is 13.0 Å². The van der Waals surface area contributed by atoms with Gasteiger partial charge in [0.1, 0.15) is 6.42 Å². The van der Waals surface area contributed by atoms with Crippen molar-refractivity contribution in [3.8, 4) is 11.8 Å². The first-order chi connectivity index (χ1) is 7.77. The van der Waals surface area contributed by atoms with E-state index in [2.05, 4.69) is 28.9 Å². The second-order valence-corrected chi connectivity index (χ2v) is 3.72. The Kier molecular flexibility index (Phi) is 3.11. The van der Waals surface area contributed by atoms with Crippen molar-refractivity contribution in [2.75, 3.05) is 18.0 Å². The molecule has 3 heteroatoms. The summed E-state index contributed by atoms with van der Waals surface area (Å²) in [6, 6.07) is 8.27. The number of carboxylic acids is 1. The minimum Gasteiger partial charge on any atom is -0.481 e. The molecule has 1 aliphatic heterocycles. The highest BCUT2D eigenvalue weighted by molar-refractivity contribution is 5.70. The van der Waals surface area contributed by atoms with Gasteiger partial charge >= 0.3 is 5.97 Å². The molecule has 0 aromatic heterocycles. The van der Waals surface area contributed by atoms with Gasteiger partial charge in [0.05, 0.1) is 6.54 Å². The summed E-state index contributed by atoms with van der Waals surface area (Å²) in [6.45, 7) is 1.59. The summed E-state index contributed by atoms with van der Waals surface area (Å²) in [5.41, 5.74) is 2.58. The van der Waals surface area contributed by atoms with E-state index in [-0.39, 0.29) is 6.42 Å². The summed E-state index contributed by atoms with van der Waals surface area (Å²) < 4.78 is 0. The van der Waals surface area contributed by atoms with Gasteiger partial charge in [-0.15, -0.1) is 0 Å². The predicted octanol–water partition coefficient (Wildman–Crippen LogP) is 1.53. The fourth-order valence-electron chi connectivity index (χ4n) is 1.86. The maximum atomic E-state index is 10.3. The van der Waals surface area contributed by atoms with Crippen LogP contribution >= 0.6 is 0 Å². The van der Waals surface area contributed by atoms with Gasteiger partial charge in [-0.25, -0.2) is 0 Å². The lowest BCUT2D eigenvalue weighted by Gasteiger charge is -2.15. The van der Waals surface area contributed by atoms with Crippen LogP contribution in [0.3, 0.4) is 0 Å². The van der Waals surface area contributed by atoms with Crippen LogP contribution in [0, 0.1) is 11.8 Å². The number of benzene rings is 1. The lowest BCUT2D eigenvalue weighted by atomic mass is 10.2. The zero-order chi connectivity index (χ0) is 11.4. The lowest BCUT2D eigenvalue weighted by Crippen LogP contribution is -2.20. The second kappa shape index (κ2) is 4.71. The molecule has 0 unspecified atom stereocenters. The molecule has 0 spiro atoms. The average Bonchev–Trinajstić information content (AvgIpc) is 2.68. The van der Waals surface area contributed by atoms with E-state index in [0.29, 0.717) is 6.54 Å². The molecule has 1 aromatic rings. The Morgan fingerprint density at radius 3 is 3.00 bits per heavy atom. The summed E-state index contributed by atoms with van der Waals surface area (Å²) in [5, 5.41) is 8.45. The van der Waals surface area contributed by atoms with Crippen molar-refractivity contribution >= 4 is 11.7 Å². The predicted molar refractivity (Wildman–Crippen MR) is 62.4 cm³/mol. The summed E-state index contributed by atoms with van der Waals surface area (Å²) in [5.74, 6) is 4.68. The molecule has 0 aliphatic carbocycles. The Bertz CT molecular complexity index is 456. The molecule has 1 aliphatic rings. The van der Waals surface area contributed by atoms with Crippen molar-refractivity contribution < 1.29 is 9.90 Å². The third-order valence-electron chi connectivity index (χ3n) is 2.62. The van der Waals surface area contributed by atoms with E-state index >= 15 is 0 Å². The van der Waals surface area contributed by atoms with Gasteiger partial charge in [-0.1, -0.05) is 30.0 Å². The maximum absolute atomic E-state index is 10.3. The maximum Gasteiger partial charge on any atom is 0.315 e. The van der Waals surface area contributed by atoms with Crippen LogP contribution in [0.1, 0.15) is 12.0 Å². The fraction of sp³-hybridized carbons (Fsp3) is 0.308. The molecule has 0 saturated heterocycles. The first-order valence-corrected chi connectivity index (χ1v) is 5.28. The van der Waals surface area contributed by atoms with Crippen LogP contribution in [-0.4, -0.2) is 24.2 Å². The van der Waals surface area contributed by atoms with Gasteiger partial charge in [0.25, 0.3) is 0 Å². The Labute approximate surface area is 94.7 Å². The Morgan fingerprint density at radius 2 is 2.19 bits per heavy atom. The van der Waals surface area contributed by atoms with Crippen LogP contribution in [0.2, 0.25) is 0 Å². The van der Waals surface area contributed by atoms with Crippen molar-refractivity contribution in [3.05, 3.63) is 29.8 Å². The van der Waals surface area contributed by atoms with Crippen LogP contribution < -0.4 is 4.90 Å². The zero-order valence-corrected chi connectivity index (χ0v) is 8.94. The molecule has 0 atom stereocenters. The number of carbonyl (C=O) groups is 1. The first kappa shape index (κ1) is 10.6. The number of hydrogen-bond acceptors (Lipinski definition) is 2. The van der Waals surface area contributed by atoms with Crippen molar-refractivity contribution in [3.63, 3.8) is 0 Å². The standard InChI is InChI=1S/C13H13NO2/c15-13(16)7-3-4-9-14-10-8-11-5-1-2-6-12(11)14/h1-2,5-6H,7-10H2,(H,15,16). The molecular formula is C13H13NO2. The molecule has 2 rings (SSSR count). The highest BCUT2D eigenvalue weighted by Gasteiger charge is 2.16. The van der Waals surface area contributed by atoms with Gasteiger partial charge in [-0.05, 0) is 18.1 Å². The molecule has 1 N–H and O–H groups in total. The number of anilines is 1. The molecule has 1 heterocycles. The molecule has 1 aromatic carbocycles.